The number of hydrogen-bond acceptors (Lipinski definition) is 3. The molecule has 1 aromatic rings. The van der Waals surface area contributed by atoms with E-state index in [1.807, 2.05) is 42.1 Å². The van der Waals surface area contributed by atoms with Crippen LogP contribution in [0.4, 0.5) is 0 Å². The van der Waals surface area contributed by atoms with Gasteiger partial charge in [-0.1, -0.05) is 30.3 Å². The smallest absolute Gasteiger partial charge is 0.237 e. The summed E-state index contributed by atoms with van der Waals surface area (Å²) in [4.78, 5) is 11.9. The molecule has 0 aromatic heterocycles. The molecular weight excluding hydrogens is 292 g/mol. The zero-order valence-corrected chi connectivity index (χ0v) is 13.2. The van der Waals surface area contributed by atoms with E-state index < -0.39 is 6.04 Å². The second-order valence-electron chi connectivity index (χ2n) is 5.10. The average Bonchev–Trinajstić information content (AvgIpc) is 2.47. The number of amides is 1. The molecule has 1 heterocycles. The zero-order valence-electron chi connectivity index (χ0n) is 11.6. The molecule has 3 N–H and O–H groups in total. The Balaban J connectivity index is 0.00000200. The van der Waals surface area contributed by atoms with Gasteiger partial charge in [0.2, 0.25) is 5.91 Å². The molecule has 112 valence electrons. The van der Waals surface area contributed by atoms with Gasteiger partial charge in [-0.3, -0.25) is 4.79 Å². The minimum Gasteiger partial charge on any atom is -0.354 e. The minimum atomic E-state index is -0.444. The van der Waals surface area contributed by atoms with Crippen molar-refractivity contribution in [1.82, 2.24) is 5.32 Å². The summed E-state index contributed by atoms with van der Waals surface area (Å²) in [6.45, 7) is 0.780. The highest BCUT2D eigenvalue weighted by molar-refractivity contribution is 7.99. The maximum Gasteiger partial charge on any atom is 0.237 e. The fourth-order valence-corrected chi connectivity index (χ4v) is 3.49. The van der Waals surface area contributed by atoms with Crippen LogP contribution in [0.25, 0.3) is 0 Å². The van der Waals surface area contributed by atoms with E-state index >= 15 is 0 Å². The van der Waals surface area contributed by atoms with Crippen molar-refractivity contribution >= 4 is 30.1 Å². The number of nitrogens with one attached hydrogen (secondary N) is 1. The highest BCUT2D eigenvalue weighted by atomic mass is 35.5. The van der Waals surface area contributed by atoms with Gasteiger partial charge in [0.1, 0.15) is 0 Å². The van der Waals surface area contributed by atoms with Crippen molar-refractivity contribution in [2.45, 2.75) is 25.3 Å². The molecule has 0 radical (unpaired) electrons. The van der Waals surface area contributed by atoms with Crippen molar-refractivity contribution in [1.29, 1.82) is 0 Å². The molecule has 0 unspecified atom stereocenters. The van der Waals surface area contributed by atoms with Crippen molar-refractivity contribution in [3.63, 3.8) is 0 Å². The molecule has 1 amide bonds. The summed E-state index contributed by atoms with van der Waals surface area (Å²) in [5, 5.41) is 3.00. The van der Waals surface area contributed by atoms with Crippen molar-refractivity contribution in [3.8, 4) is 0 Å². The van der Waals surface area contributed by atoms with Gasteiger partial charge in [0.15, 0.2) is 0 Å². The first kappa shape index (κ1) is 17.3. The van der Waals surface area contributed by atoms with E-state index in [0.717, 1.165) is 12.1 Å². The summed E-state index contributed by atoms with van der Waals surface area (Å²) in [5.74, 6) is 3.05. The maximum atomic E-state index is 11.9. The molecule has 0 saturated carbocycles. The topological polar surface area (TPSA) is 55.1 Å². The van der Waals surface area contributed by atoms with E-state index in [1.54, 1.807) is 0 Å². The van der Waals surface area contributed by atoms with E-state index in [1.165, 1.54) is 24.3 Å². The SMILES string of the molecule is Cl.N[C@@H](Cc1ccccc1)C(=O)NCC1CCSCC1. The van der Waals surface area contributed by atoms with Gasteiger partial charge in [0.25, 0.3) is 0 Å². The number of hydrogen-bond donors (Lipinski definition) is 2. The molecule has 0 aliphatic carbocycles. The molecule has 1 aromatic carbocycles. The molecule has 1 atom stereocenters. The van der Waals surface area contributed by atoms with Crippen LogP contribution in [-0.2, 0) is 11.2 Å². The third kappa shape index (κ3) is 5.73. The molecule has 1 fully saturated rings. The summed E-state index contributed by atoms with van der Waals surface area (Å²) in [7, 11) is 0. The quantitative estimate of drug-likeness (QED) is 0.876. The van der Waals surface area contributed by atoms with Gasteiger partial charge in [-0.05, 0) is 42.2 Å². The van der Waals surface area contributed by atoms with Crippen molar-refractivity contribution in [2.24, 2.45) is 11.7 Å². The molecule has 5 heteroatoms. The van der Waals surface area contributed by atoms with E-state index in [4.69, 9.17) is 5.73 Å². The van der Waals surface area contributed by atoms with Gasteiger partial charge in [0.05, 0.1) is 6.04 Å². The summed E-state index contributed by atoms with van der Waals surface area (Å²) in [6.07, 6.45) is 3.02. The second kappa shape index (κ2) is 9.27. The Hall–Kier alpha value is -0.710. The normalized spacial score (nSPS) is 17.1. The van der Waals surface area contributed by atoms with Crippen LogP contribution in [0, 0.1) is 5.92 Å². The second-order valence-corrected chi connectivity index (χ2v) is 6.32. The first-order valence-electron chi connectivity index (χ1n) is 6.90. The molecule has 1 saturated heterocycles. The fraction of sp³-hybridized carbons (Fsp3) is 0.533. The number of rotatable bonds is 5. The molecule has 0 bridgehead atoms. The number of benzene rings is 1. The number of nitrogens with two attached hydrogens (primary N) is 1. The lowest BCUT2D eigenvalue weighted by Crippen LogP contribution is -2.44. The largest absolute Gasteiger partial charge is 0.354 e. The predicted molar refractivity (Wildman–Crippen MR) is 88.4 cm³/mol. The Kier molecular flexibility index (Phi) is 8.04. The van der Waals surface area contributed by atoms with E-state index in [2.05, 4.69) is 5.32 Å². The Morgan fingerprint density at radius 1 is 1.30 bits per heavy atom. The molecular formula is C15H23ClN2OS. The Morgan fingerprint density at radius 3 is 2.60 bits per heavy atom. The molecule has 0 spiro atoms. The lowest BCUT2D eigenvalue weighted by molar-refractivity contribution is -0.122. The summed E-state index contributed by atoms with van der Waals surface area (Å²) in [6, 6.07) is 9.48. The van der Waals surface area contributed by atoms with E-state index in [-0.39, 0.29) is 18.3 Å². The first-order valence-corrected chi connectivity index (χ1v) is 8.06. The maximum absolute atomic E-state index is 11.9. The van der Waals surface area contributed by atoms with Crippen LogP contribution in [0.3, 0.4) is 0 Å². The van der Waals surface area contributed by atoms with Gasteiger partial charge in [-0.15, -0.1) is 12.4 Å². The Labute approximate surface area is 131 Å². The summed E-state index contributed by atoms with van der Waals surface area (Å²) < 4.78 is 0. The fourth-order valence-electron chi connectivity index (χ4n) is 2.29. The lowest BCUT2D eigenvalue weighted by atomic mass is 10.0. The van der Waals surface area contributed by atoms with Gasteiger partial charge in [-0.25, -0.2) is 0 Å². The standard InChI is InChI=1S/C15H22N2OS.ClH/c16-14(10-12-4-2-1-3-5-12)15(18)17-11-13-6-8-19-9-7-13;/h1-5,13-14H,6-11,16H2,(H,17,18);1H/t14-;/m0./s1. The summed E-state index contributed by atoms with van der Waals surface area (Å²) >= 11 is 2.00. The zero-order chi connectivity index (χ0) is 13.5. The molecule has 1 aliphatic heterocycles. The number of halogens is 1. The average molecular weight is 315 g/mol. The number of thioether (sulfide) groups is 1. The van der Waals surface area contributed by atoms with Crippen LogP contribution in [0.1, 0.15) is 18.4 Å². The van der Waals surface area contributed by atoms with Crippen molar-refractivity contribution in [3.05, 3.63) is 35.9 Å². The third-order valence-corrected chi connectivity index (χ3v) is 4.59. The van der Waals surface area contributed by atoms with Crippen LogP contribution in [0.2, 0.25) is 0 Å². The van der Waals surface area contributed by atoms with Gasteiger partial charge in [-0.2, -0.15) is 11.8 Å². The molecule has 20 heavy (non-hydrogen) atoms. The van der Waals surface area contributed by atoms with Crippen LogP contribution in [-0.4, -0.2) is 30.0 Å². The highest BCUT2D eigenvalue weighted by Crippen LogP contribution is 2.21. The molecule has 2 rings (SSSR count). The predicted octanol–water partition coefficient (Wildman–Crippen LogP) is 2.24. The lowest BCUT2D eigenvalue weighted by Gasteiger charge is -2.22. The first-order chi connectivity index (χ1) is 9.25. The van der Waals surface area contributed by atoms with Crippen LogP contribution in [0.15, 0.2) is 30.3 Å². The van der Waals surface area contributed by atoms with E-state index in [0.29, 0.717) is 12.3 Å². The van der Waals surface area contributed by atoms with Gasteiger partial charge >= 0.3 is 0 Å². The Bertz CT molecular complexity index is 396. The summed E-state index contributed by atoms with van der Waals surface area (Å²) in [5.41, 5.74) is 7.06. The molecule has 3 nitrogen and oxygen atoms in total. The number of carbonyl (C=O) groups excluding carboxylic acids is 1. The van der Waals surface area contributed by atoms with E-state index in [9.17, 15) is 4.79 Å². The minimum absolute atomic E-state index is 0. The highest BCUT2D eigenvalue weighted by Gasteiger charge is 2.17. The van der Waals surface area contributed by atoms with Gasteiger partial charge < -0.3 is 11.1 Å². The monoisotopic (exact) mass is 314 g/mol. The third-order valence-electron chi connectivity index (χ3n) is 3.54. The molecule has 1 aliphatic rings. The van der Waals surface area contributed by atoms with Crippen LogP contribution < -0.4 is 11.1 Å². The van der Waals surface area contributed by atoms with Crippen molar-refractivity contribution < 1.29 is 4.79 Å². The van der Waals surface area contributed by atoms with Gasteiger partial charge in [0, 0.05) is 6.54 Å². The van der Waals surface area contributed by atoms with Crippen LogP contribution >= 0.6 is 24.2 Å². The number of carbonyl (C=O) groups is 1. The Morgan fingerprint density at radius 2 is 1.95 bits per heavy atom. The van der Waals surface area contributed by atoms with Crippen molar-refractivity contribution in [2.75, 3.05) is 18.1 Å². The van der Waals surface area contributed by atoms with Crippen LogP contribution in [0.5, 0.6) is 0 Å².